The number of esters is 1. The summed E-state index contributed by atoms with van der Waals surface area (Å²) in [7, 11) is 0. The maximum Gasteiger partial charge on any atom is 0.408 e. The van der Waals surface area contributed by atoms with Gasteiger partial charge in [0.1, 0.15) is 66.1 Å². The third kappa shape index (κ3) is 9.09. The number of ether oxygens (including phenoxy) is 6. The van der Waals surface area contributed by atoms with E-state index in [1.807, 2.05) is 0 Å². The van der Waals surface area contributed by atoms with Gasteiger partial charge in [-0.3, -0.25) is 4.79 Å². The van der Waals surface area contributed by atoms with E-state index in [-0.39, 0.29) is 30.0 Å². The molecule has 17 nitrogen and oxygen atoms in total. The van der Waals surface area contributed by atoms with E-state index in [2.05, 4.69) is 32.1 Å². The van der Waals surface area contributed by atoms with Gasteiger partial charge in [-0.2, -0.15) is 10.4 Å². The van der Waals surface area contributed by atoms with Gasteiger partial charge in [0.2, 0.25) is 11.5 Å². The summed E-state index contributed by atoms with van der Waals surface area (Å²) in [6.45, 7) is 20.4. The summed E-state index contributed by atoms with van der Waals surface area (Å²) in [6.07, 6.45) is -3.13. The number of alkyl carbamates (subject to hydrolysis) is 2. The summed E-state index contributed by atoms with van der Waals surface area (Å²) in [5.74, 6) is -2.94. The van der Waals surface area contributed by atoms with Crippen LogP contribution in [-0.4, -0.2) is 92.7 Å². The number of nitrogens with zero attached hydrogens (tertiary/aromatic N) is 4. The van der Waals surface area contributed by atoms with E-state index in [0.717, 1.165) is 0 Å². The van der Waals surface area contributed by atoms with Crippen LogP contribution in [0.2, 0.25) is 0 Å². The van der Waals surface area contributed by atoms with E-state index in [9.17, 15) is 24.4 Å². The smallest absolute Gasteiger partial charge is 0.408 e. The zero-order chi connectivity index (χ0) is 39.0. The minimum absolute atomic E-state index is 0.108. The molecule has 2 aliphatic heterocycles. The summed E-state index contributed by atoms with van der Waals surface area (Å²) < 4.78 is 36.5. The van der Waals surface area contributed by atoms with Crippen LogP contribution in [0.15, 0.2) is 18.5 Å². The predicted octanol–water partition coefficient (Wildman–Crippen LogP) is 3.95. The average Bonchev–Trinajstić information content (AvgIpc) is 3.66. The van der Waals surface area contributed by atoms with Gasteiger partial charge in [0, 0.05) is 0 Å². The van der Waals surface area contributed by atoms with Crippen molar-refractivity contribution in [1.29, 1.82) is 5.26 Å². The molecule has 2 aromatic heterocycles. The zero-order valence-electron chi connectivity index (χ0n) is 31.9. The number of fused-ring (bicyclic) bond motifs is 2. The quantitative estimate of drug-likeness (QED) is 0.234. The number of hydrogen-bond acceptors (Lipinski definition) is 13. The Labute approximate surface area is 303 Å². The number of carbonyl (C=O) groups excluding carboxylic acids is 4. The summed E-state index contributed by atoms with van der Waals surface area (Å²) in [6, 6.07) is 3.46. The fraction of sp³-hybridized carbons (Fsp3) is 0.686. The molecular weight excluding hydrogens is 678 g/mol. The summed E-state index contributed by atoms with van der Waals surface area (Å²) in [5, 5.41) is 23.1. The maximum atomic E-state index is 13.4. The highest BCUT2D eigenvalue weighted by molar-refractivity contribution is 5.98. The highest BCUT2D eigenvalue weighted by atomic mass is 16.8. The van der Waals surface area contributed by atoms with Crippen LogP contribution in [0, 0.1) is 23.2 Å². The summed E-state index contributed by atoms with van der Waals surface area (Å²) in [5.41, 5.74) is -2.79. The number of hydrogen-bond donors (Lipinski definition) is 3. The van der Waals surface area contributed by atoms with Gasteiger partial charge in [0.25, 0.3) is 0 Å². The molecule has 0 unspecified atom stereocenters. The molecule has 3 N–H and O–H groups in total. The van der Waals surface area contributed by atoms with Crippen LogP contribution in [0.5, 0.6) is 0 Å². The second-order valence-corrected chi connectivity index (χ2v) is 16.0. The number of carbonyl (C=O) groups is 4. The molecule has 0 aliphatic carbocycles. The van der Waals surface area contributed by atoms with Crippen LogP contribution >= 0.6 is 0 Å². The molecule has 0 spiro atoms. The fourth-order valence-corrected chi connectivity index (χ4v) is 5.89. The molecule has 4 rings (SSSR count). The minimum atomic E-state index is -1.82. The molecule has 2 aliphatic rings. The number of aromatic nitrogens is 3. The Morgan fingerprint density at radius 2 is 1.50 bits per heavy atom. The molecule has 0 saturated carbocycles. The summed E-state index contributed by atoms with van der Waals surface area (Å²) in [4.78, 5) is 55.9. The first-order chi connectivity index (χ1) is 24.0. The first-order valence-corrected chi connectivity index (χ1v) is 17.2. The molecular formula is C35H51N7O10. The van der Waals surface area contributed by atoms with Gasteiger partial charge in [0.15, 0.2) is 11.6 Å². The van der Waals surface area contributed by atoms with E-state index in [1.165, 1.54) is 10.8 Å². The Bertz CT molecular complexity index is 1700. The molecule has 2 saturated heterocycles. The van der Waals surface area contributed by atoms with Gasteiger partial charge in [-0.25, -0.2) is 23.9 Å². The van der Waals surface area contributed by atoms with Crippen molar-refractivity contribution in [2.45, 2.75) is 136 Å². The van der Waals surface area contributed by atoms with E-state index in [1.54, 1.807) is 95.2 Å². The number of nitrogens with one attached hydrogen (secondary N) is 3. The number of nitriles is 1. The van der Waals surface area contributed by atoms with Gasteiger partial charge in [-0.05, 0) is 79.4 Å². The maximum absolute atomic E-state index is 13.4. The third-order valence-electron chi connectivity index (χ3n) is 8.08. The fourth-order valence-electron chi connectivity index (χ4n) is 5.89. The molecule has 2 fully saturated rings. The van der Waals surface area contributed by atoms with Gasteiger partial charge in [-0.15, -0.1) is 0 Å². The van der Waals surface area contributed by atoms with Crippen molar-refractivity contribution < 1.29 is 47.6 Å². The lowest BCUT2D eigenvalue weighted by Gasteiger charge is -2.29. The second-order valence-electron chi connectivity index (χ2n) is 16.0. The summed E-state index contributed by atoms with van der Waals surface area (Å²) >= 11 is 0. The highest BCUT2D eigenvalue weighted by Gasteiger charge is 2.65. The van der Waals surface area contributed by atoms with Crippen LogP contribution in [0.4, 0.5) is 15.4 Å². The molecule has 3 amide bonds. The largest absolute Gasteiger partial charge is 0.461 e. The molecule has 0 aromatic carbocycles. The lowest BCUT2D eigenvalue weighted by Crippen LogP contribution is -2.48. The number of rotatable bonds is 10. The van der Waals surface area contributed by atoms with Crippen molar-refractivity contribution in [1.82, 2.24) is 25.2 Å². The molecule has 4 heterocycles. The van der Waals surface area contributed by atoms with Crippen LogP contribution in [0.1, 0.15) is 88.8 Å². The van der Waals surface area contributed by atoms with Gasteiger partial charge >= 0.3 is 18.2 Å². The SMILES string of the molecule is CC(C)[C@H](NC(=O)OC(C)(C)C)C(=O)Nc1ncnn2c([C@]3(C#N)O[C@H](COC(=O)[C@@H](NC(=O)OC(C)(C)C)C(C)C)[C@H]4OC(C)(C)O[C@H]43)ccc12. The average molecular weight is 730 g/mol. The van der Waals surface area contributed by atoms with Crippen molar-refractivity contribution in [2.24, 2.45) is 11.8 Å². The van der Waals surface area contributed by atoms with Crippen molar-refractivity contribution in [3.05, 3.63) is 24.2 Å². The molecule has 2 aromatic rings. The second kappa shape index (κ2) is 14.8. The van der Waals surface area contributed by atoms with E-state index < -0.39 is 77.0 Å². The monoisotopic (exact) mass is 729 g/mol. The van der Waals surface area contributed by atoms with Crippen molar-refractivity contribution in [2.75, 3.05) is 11.9 Å². The van der Waals surface area contributed by atoms with E-state index in [0.29, 0.717) is 5.52 Å². The first-order valence-electron chi connectivity index (χ1n) is 17.2. The Hall–Kier alpha value is -4.53. The Kier molecular flexibility index (Phi) is 11.5. The molecule has 0 bridgehead atoms. The number of amides is 3. The standard InChI is InChI=1S/C35H51N7O10/c1-18(2)23(39-30(45)51-32(5,6)7)28(43)41-27-20-13-14-22(42(20)38-17-37-27)35(16-36)26-25(49-34(11,12)50-26)21(48-35)15-47-29(44)24(19(3)4)40-31(46)52-33(8,9)10/h13-14,17-19,21,23-26H,15H2,1-12H3,(H,39,45)(H,40,46)(H,37,38,41,43)/t21-,23+,24+,25-,26-,35+/m1/s1. The number of anilines is 1. The predicted molar refractivity (Wildman–Crippen MR) is 185 cm³/mol. The van der Waals surface area contributed by atoms with Crippen molar-refractivity contribution in [3.8, 4) is 6.07 Å². The molecule has 0 radical (unpaired) electrons. The van der Waals surface area contributed by atoms with Crippen LogP contribution in [0.25, 0.3) is 5.52 Å². The lowest BCUT2D eigenvalue weighted by atomic mass is 9.92. The Balaban J connectivity index is 1.59. The van der Waals surface area contributed by atoms with E-state index in [4.69, 9.17) is 28.4 Å². The lowest BCUT2D eigenvalue weighted by molar-refractivity contribution is -0.207. The Morgan fingerprint density at radius 1 is 0.923 bits per heavy atom. The minimum Gasteiger partial charge on any atom is -0.461 e. The van der Waals surface area contributed by atoms with Crippen LogP contribution < -0.4 is 16.0 Å². The van der Waals surface area contributed by atoms with Gasteiger partial charge < -0.3 is 44.4 Å². The molecule has 286 valence electrons. The first kappa shape index (κ1) is 40.2. The van der Waals surface area contributed by atoms with E-state index >= 15 is 0 Å². The molecule has 52 heavy (non-hydrogen) atoms. The molecule has 6 atom stereocenters. The normalized spacial score (nSPS) is 23.8. The van der Waals surface area contributed by atoms with Gasteiger partial charge in [-0.1, -0.05) is 27.7 Å². The van der Waals surface area contributed by atoms with Crippen LogP contribution in [0.3, 0.4) is 0 Å². The Morgan fingerprint density at radius 3 is 2.04 bits per heavy atom. The van der Waals surface area contributed by atoms with Crippen LogP contribution in [-0.2, 0) is 43.6 Å². The van der Waals surface area contributed by atoms with Crippen molar-refractivity contribution >= 4 is 35.4 Å². The topological polar surface area (TPSA) is 214 Å². The zero-order valence-corrected chi connectivity index (χ0v) is 31.9. The molecule has 17 heteroatoms. The van der Waals surface area contributed by atoms with Crippen molar-refractivity contribution in [3.63, 3.8) is 0 Å². The third-order valence-corrected chi connectivity index (χ3v) is 8.08. The van der Waals surface area contributed by atoms with Gasteiger partial charge in [0.05, 0.1) is 5.69 Å². The highest BCUT2D eigenvalue weighted by Crippen LogP contribution is 2.49.